The fraction of sp³-hybridized carbons (Fsp3) is 0.273. The molecule has 0 bridgehead atoms. The highest BCUT2D eigenvalue weighted by molar-refractivity contribution is 5.91. The third kappa shape index (κ3) is 2.29. The molecule has 0 radical (unpaired) electrons. The van der Waals surface area contributed by atoms with Crippen molar-refractivity contribution in [3.05, 3.63) is 29.8 Å². The second kappa shape index (κ2) is 4.82. The Balaban J connectivity index is 2.39. The van der Waals surface area contributed by atoms with Gasteiger partial charge in [0.25, 0.3) is 5.91 Å². The quantitative estimate of drug-likeness (QED) is 0.804. The highest BCUT2D eigenvalue weighted by atomic mass is 16.1. The lowest BCUT2D eigenvalue weighted by atomic mass is 10.4. The number of aromatic nitrogens is 4. The largest absolute Gasteiger partial charge is 0.384 e. The van der Waals surface area contributed by atoms with Gasteiger partial charge >= 0.3 is 0 Å². The molecule has 0 aliphatic rings. The first-order chi connectivity index (χ1) is 8.63. The average Bonchev–Trinajstić information content (AvgIpc) is 2.86. The van der Waals surface area contributed by atoms with Crippen LogP contribution in [-0.2, 0) is 6.42 Å². The van der Waals surface area contributed by atoms with Crippen LogP contribution in [0.4, 0.5) is 5.82 Å². The summed E-state index contributed by atoms with van der Waals surface area (Å²) in [6, 6.07) is 3.22. The number of amides is 1. The first-order valence-electron chi connectivity index (χ1n) is 5.55. The molecule has 2 aromatic heterocycles. The summed E-state index contributed by atoms with van der Waals surface area (Å²) in [5.74, 6) is 1.33. The molecule has 0 spiro atoms. The normalized spacial score (nSPS) is 10.3. The molecule has 0 fully saturated rings. The third-order valence-electron chi connectivity index (χ3n) is 2.38. The van der Waals surface area contributed by atoms with Crippen LogP contribution < -0.4 is 11.1 Å². The van der Waals surface area contributed by atoms with Gasteiger partial charge in [0, 0.05) is 25.7 Å². The minimum Gasteiger partial charge on any atom is -0.384 e. The van der Waals surface area contributed by atoms with Crippen LogP contribution in [0.3, 0.4) is 0 Å². The van der Waals surface area contributed by atoms with Crippen molar-refractivity contribution in [2.45, 2.75) is 13.3 Å². The molecular formula is C11H14N6O. The van der Waals surface area contributed by atoms with Crippen LogP contribution in [0.5, 0.6) is 0 Å². The molecule has 2 aromatic rings. The Morgan fingerprint density at radius 3 is 2.94 bits per heavy atom. The molecule has 0 aliphatic carbocycles. The first-order valence-corrected chi connectivity index (χ1v) is 5.55. The summed E-state index contributed by atoms with van der Waals surface area (Å²) in [6.45, 7) is 1.94. The van der Waals surface area contributed by atoms with Crippen LogP contribution >= 0.6 is 0 Å². The van der Waals surface area contributed by atoms with Gasteiger partial charge in [-0.3, -0.25) is 4.79 Å². The molecule has 0 saturated carbocycles. The monoisotopic (exact) mass is 246 g/mol. The maximum atomic E-state index is 11.4. The predicted octanol–water partition coefficient (Wildman–Crippen LogP) is 0.166. The van der Waals surface area contributed by atoms with Crippen molar-refractivity contribution < 1.29 is 4.79 Å². The van der Waals surface area contributed by atoms with E-state index in [-0.39, 0.29) is 5.91 Å². The van der Waals surface area contributed by atoms with Gasteiger partial charge in [-0.2, -0.15) is 5.10 Å². The first kappa shape index (κ1) is 12.0. The molecule has 94 valence electrons. The van der Waals surface area contributed by atoms with E-state index < -0.39 is 0 Å². The van der Waals surface area contributed by atoms with Crippen LogP contribution in [0.1, 0.15) is 23.2 Å². The molecule has 1 amide bonds. The van der Waals surface area contributed by atoms with Crippen molar-refractivity contribution >= 4 is 11.7 Å². The van der Waals surface area contributed by atoms with E-state index in [4.69, 9.17) is 5.73 Å². The van der Waals surface area contributed by atoms with Gasteiger partial charge in [-0.25, -0.2) is 14.6 Å². The second-order valence-electron chi connectivity index (χ2n) is 3.65. The van der Waals surface area contributed by atoms with Crippen molar-refractivity contribution in [3.63, 3.8) is 0 Å². The molecule has 0 unspecified atom stereocenters. The number of carbonyl (C=O) groups is 1. The van der Waals surface area contributed by atoms with Crippen LogP contribution in [-0.4, -0.2) is 32.7 Å². The van der Waals surface area contributed by atoms with Crippen molar-refractivity contribution in [2.24, 2.45) is 0 Å². The summed E-state index contributed by atoms with van der Waals surface area (Å²) < 4.78 is 1.50. The SMILES string of the molecule is CCc1nc(N)cc(-n2ccc(C(=O)NC)n2)n1. The zero-order valence-electron chi connectivity index (χ0n) is 10.2. The van der Waals surface area contributed by atoms with Crippen LogP contribution in [0.2, 0.25) is 0 Å². The summed E-state index contributed by atoms with van der Waals surface area (Å²) in [5.41, 5.74) is 6.02. The third-order valence-corrected chi connectivity index (χ3v) is 2.38. The Bertz CT molecular complexity index is 577. The Morgan fingerprint density at radius 1 is 1.50 bits per heavy atom. The van der Waals surface area contributed by atoms with E-state index in [1.54, 1.807) is 25.4 Å². The van der Waals surface area contributed by atoms with E-state index in [0.717, 1.165) is 0 Å². The van der Waals surface area contributed by atoms with Crippen molar-refractivity contribution in [1.82, 2.24) is 25.1 Å². The number of nitrogens with two attached hydrogens (primary N) is 1. The minimum absolute atomic E-state index is 0.244. The van der Waals surface area contributed by atoms with E-state index >= 15 is 0 Å². The van der Waals surface area contributed by atoms with Crippen LogP contribution in [0.25, 0.3) is 5.82 Å². The predicted molar refractivity (Wildman–Crippen MR) is 66.3 cm³/mol. The zero-order valence-corrected chi connectivity index (χ0v) is 10.2. The number of carbonyl (C=O) groups excluding carboxylic acids is 1. The Labute approximate surface area is 104 Å². The molecule has 2 heterocycles. The van der Waals surface area contributed by atoms with Crippen LogP contribution in [0.15, 0.2) is 18.3 Å². The molecule has 0 aromatic carbocycles. The minimum atomic E-state index is -0.244. The molecule has 7 heteroatoms. The van der Waals surface area contributed by atoms with Gasteiger partial charge in [-0.05, 0) is 6.07 Å². The number of nitrogen functional groups attached to an aromatic ring is 1. The summed E-state index contributed by atoms with van der Waals surface area (Å²) in [5, 5.41) is 6.63. The summed E-state index contributed by atoms with van der Waals surface area (Å²) in [4.78, 5) is 19.8. The van der Waals surface area contributed by atoms with Gasteiger partial charge in [0.1, 0.15) is 11.6 Å². The number of aryl methyl sites for hydroxylation is 1. The number of hydrogen-bond donors (Lipinski definition) is 2. The Kier molecular flexibility index (Phi) is 3.22. The van der Waals surface area contributed by atoms with E-state index in [2.05, 4.69) is 20.4 Å². The number of rotatable bonds is 3. The van der Waals surface area contributed by atoms with E-state index in [0.29, 0.717) is 29.6 Å². The average molecular weight is 246 g/mol. The van der Waals surface area contributed by atoms with Gasteiger partial charge in [0.2, 0.25) is 0 Å². The van der Waals surface area contributed by atoms with Gasteiger partial charge in [0.05, 0.1) is 0 Å². The lowest BCUT2D eigenvalue weighted by molar-refractivity contribution is 0.0957. The smallest absolute Gasteiger partial charge is 0.271 e. The number of anilines is 1. The standard InChI is InChI=1S/C11H14N6O/c1-3-9-14-8(12)6-10(15-9)17-5-4-7(16-17)11(18)13-2/h4-6H,3H2,1-2H3,(H,13,18)(H2,12,14,15). The molecule has 18 heavy (non-hydrogen) atoms. The van der Waals surface area contributed by atoms with Crippen LogP contribution in [0, 0.1) is 0 Å². The highest BCUT2D eigenvalue weighted by Gasteiger charge is 2.09. The van der Waals surface area contributed by atoms with Gasteiger partial charge in [0.15, 0.2) is 11.5 Å². The van der Waals surface area contributed by atoms with Gasteiger partial charge < -0.3 is 11.1 Å². The lowest BCUT2D eigenvalue weighted by Gasteiger charge is -2.04. The number of hydrogen-bond acceptors (Lipinski definition) is 5. The highest BCUT2D eigenvalue weighted by Crippen LogP contribution is 2.09. The van der Waals surface area contributed by atoms with E-state index in [1.807, 2.05) is 6.92 Å². The maximum absolute atomic E-state index is 11.4. The Morgan fingerprint density at radius 2 is 2.28 bits per heavy atom. The fourth-order valence-electron chi connectivity index (χ4n) is 1.48. The van der Waals surface area contributed by atoms with Crippen molar-refractivity contribution in [1.29, 1.82) is 0 Å². The van der Waals surface area contributed by atoms with Gasteiger partial charge in [-0.1, -0.05) is 6.92 Å². The Hall–Kier alpha value is -2.44. The molecule has 2 rings (SSSR count). The van der Waals surface area contributed by atoms with Crippen molar-refractivity contribution in [3.8, 4) is 5.82 Å². The maximum Gasteiger partial charge on any atom is 0.271 e. The summed E-state index contributed by atoms with van der Waals surface area (Å²) in [6.07, 6.45) is 2.34. The molecule has 3 N–H and O–H groups in total. The topological polar surface area (TPSA) is 98.7 Å². The molecule has 0 atom stereocenters. The molecular weight excluding hydrogens is 232 g/mol. The fourth-order valence-corrected chi connectivity index (χ4v) is 1.48. The number of nitrogens with zero attached hydrogens (tertiary/aromatic N) is 4. The van der Waals surface area contributed by atoms with Gasteiger partial charge in [-0.15, -0.1) is 0 Å². The molecule has 0 saturated heterocycles. The zero-order chi connectivity index (χ0) is 13.1. The molecule has 0 aliphatic heterocycles. The van der Waals surface area contributed by atoms with E-state index in [9.17, 15) is 4.79 Å². The number of nitrogens with one attached hydrogen (secondary N) is 1. The van der Waals surface area contributed by atoms with E-state index in [1.165, 1.54) is 4.68 Å². The molecule has 7 nitrogen and oxygen atoms in total. The summed E-state index contributed by atoms with van der Waals surface area (Å²) >= 11 is 0. The summed E-state index contributed by atoms with van der Waals surface area (Å²) in [7, 11) is 1.55. The second-order valence-corrected chi connectivity index (χ2v) is 3.65. The van der Waals surface area contributed by atoms with Crippen molar-refractivity contribution in [2.75, 3.05) is 12.8 Å². The lowest BCUT2D eigenvalue weighted by Crippen LogP contribution is -2.18.